The largest absolute Gasteiger partial charge is 0.361 e. The van der Waals surface area contributed by atoms with Crippen LogP contribution in [0.3, 0.4) is 0 Å². The van der Waals surface area contributed by atoms with Crippen molar-refractivity contribution in [1.29, 1.82) is 0 Å². The molecule has 0 heterocycles. The molecule has 1 rings (SSSR count). The van der Waals surface area contributed by atoms with Crippen LogP contribution in [0.15, 0.2) is 30.3 Å². The fourth-order valence-corrected chi connectivity index (χ4v) is 1.18. The lowest BCUT2D eigenvalue weighted by Gasteiger charge is -2.24. The quantitative estimate of drug-likeness (QED) is 0.599. The van der Waals surface area contributed by atoms with Crippen molar-refractivity contribution < 1.29 is 10.2 Å². The molecule has 0 aromatic heterocycles. The van der Waals surface area contributed by atoms with Gasteiger partial charge in [-0.1, -0.05) is 46.3 Å². The average molecular weight is 231 g/mol. The van der Waals surface area contributed by atoms with Crippen molar-refractivity contribution in [2.45, 2.75) is 17.5 Å². The van der Waals surface area contributed by atoms with Gasteiger partial charge in [0.15, 0.2) is 0 Å². The zero-order valence-electron chi connectivity index (χ0n) is 6.74. The van der Waals surface area contributed by atoms with Crippen molar-refractivity contribution in [3.63, 3.8) is 0 Å². The molecular weight excluding hydrogens is 220 g/mol. The van der Waals surface area contributed by atoms with E-state index in [4.69, 9.17) is 0 Å². The Morgan fingerprint density at radius 2 is 1.75 bits per heavy atom. The second kappa shape index (κ2) is 3.56. The van der Waals surface area contributed by atoms with Gasteiger partial charge in [-0.3, -0.25) is 0 Å². The van der Waals surface area contributed by atoms with Crippen LogP contribution in [0.5, 0.6) is 0 Å². The fourth-order valence-electron chi connectivity index (χ4n) is 0.913. The Morgan fingerprint density at radius 3 is 2.17 bits per heavy atom. The summed E-state index contributed by atoms with van der Waals surface area (Å²) in [6, 6.07) is 8.73. The summed E-state index contributed by atoms with van der Waals surface area (Å²) in [5.74, 6) is -1.79. The smallest absolute Gasteiger partial charge is 0.202 e. The van der Waals surface area contributed by atoms with Crippen LogP contribution in [0, 0.1) is 0 Å². The normalized spacial score (nSPS) is 14.3. The molecule has 12 heavy (non-hydrogen) atoms. The van der Waals surface area contributed by atoms with Gasteiger partial charge in [-0.2, -0.15) is 0 Å². The van der Waals surface area contributed by atoms with Crippen LogP contribution in [-0.4, -0.2) is 15.0 Å². The van der Waals surface area contributed by atoms with E-state index in [1.165, 1.54) is 0 Å². The predicted molar refractivity (Wildman–Crippen MR) is 50.9 cm³/mol. The second-order valence-electron chi connectivity index (χ2n) is 2.71. The molecule has 0 fully saturated rings. The maximum Gasteiger partial charge on any atom is 0.202 e. The average Bonchev–Trinajstić information content (AvgIpc) is 2.06. The van der Waals surface area contributed by atoms with Crippen LogP contribution >= 0.6 is 15.9 Å². The molecule has 2 nitrogen and oxygen atoms in total. The van der Waals surface area contributed by atoms with E-state index in [-0.39, 0.29) is 0 Å². The number of halogens is 1. The third-order valence-corrected chi connectivity index (χ3v) is 2.39. The standard InChI is InChI=1S/C9H11BrO2/c1-7(10)9(11,12)8-5-3-2-4-6-8/h2-7,11-12H,1H3. The maximum absolute atomic E-state index is 9.57. The highest BCUT2D eigenvalue weighted by Gasteiger charge is 2.30. The number of hydrogen-bond donors (Lipinski definition) is 2. The zero-order chi connectivity index (χ0) is 9.19. The fraction of sp³-hybridized carbons (Fsp3) is 0.333. The SMILES string of the molecule is CC(Br)C(O)(O)c1ccccc1. The first-order valence-corrected chi connectivity index (χ1v) is 4.61. The summed E-state index contributed by atoms with van der Waals surface area (Å²) in [5.41, 5.74) is 0.495. The topological polar surface area (TPSA) is 40.5 Å². The third kappa shape index (κ3) is 1.86. The highest BCUT2D eigenvalue weighted by Crippen LogP contribution is 2.26. The summed E-state index contributed by atoms with van der Waals surface area (Å²) in [6.45, 7) is 1.69. The summed E-state index contributed by atoms with van der Waals surface area (Å²) in [6.07, 6.45) is 0. The molecule has 0 saturated carbocycles. The van der Waals surface area contributed by atoms with E-state index >= 15 is 0 Å². The molecule has 0 aliphatic rings. The Kier molecular flexibility index (Phi) is 2.88. The van der Waals surface area contributed by atoms with Gasteiger partial charge in [0, 0.05) is 5.56 Å². The Hall–Kier alpha value is -0.380. The van der Waals surface area contributed by atoms with E-state index in [0.717, 1.165) is 0 Å². The molecule has 0 aliphatic carbocycles. The van der Waals surface area contributed by atoms with Crippen molar-refractivity contribution in [1.82, 2.24) is 0 Å². The van der Waals surface area contributed by atoms with Crippen LogP contribution in [0.4, 0.5) is 0 Å². The van der Waals surface area contributed by atoms with E-state index in [1.807, 2.05) is 6.07 Å². The van der Waals surface area contributed by atoms with Crippen molar-refractivity contribution >= 4 is 15.9 Å². The molecule has 0 bridgehead atoms. The van der Waals surface area contributed by atoms with Crippen molar-refractivity contribution in [2.75, 3.05) is 0 Å². The Bertz CT molecular complexity index is 244. The number of hydrogen-bond acceptors (Lipinski definition) is 2. The molecule has 3 heteroatoms. The summed E-state index contributed by atoms with van der Waals surface area (Å²) >= 11 is 3.13. The van der Waals surface area contributed by atoms with Crippen LogP contribution in [-0.2, 0) is 5.79 Å². The minimum atomic E-state index is -1.79. The van der Waals surface area contributed by atoms with Gasteiger partial charge in [-0.25, -0.2) is 0 Å². The van der Waals surface area contributed by atoms with Gasteiger partial charge in [-0.05, 0) is 6.92 Å². The summed E-state index contributed by atoms with van der Waals surface area (Å²) < 4.78 is 0. The molecule has 1 aromatic rings. The van der Waals surface area contributed by atoms with E-state index in [2.05, 4.69) is 15.9 Å². The Morgan fingerprint density at radius 1 is 1.25 bits per heavy atom. The highest BCUT2D eigenvalue weighted by molar-refractivity contribution is 9.09. The molecule has 0 saturated heterocycles. The van der Waals surface area contributed by atoms with Gasteiger partial charge >= 0.3 is 0 Å². The summed E-state index contributed by atoms with van der Waals surface area (Å²) in [7, 11) is 0. The first kappa shape index (κ1) is 9.71. The van der Waals surface area contributed by atoms with E-state index in [9.17, 15) is 10.2 Å². The Balaban J connectivity index is 2.98. The highest BCUT2D eigenvalue weighted by atomic mass is 79.9. The van der Waals surface area contributed by atoms with Crippen molar-refractivity contribution in [3.8, 4) is 0 Å². The van der Waals surface area contributed by atoms with Gasteiger partial charge in [0.1, 0.15) is 0 Å². The first-order chi connectivity index (χ1) is 5.55. The molecule has 0 radical (unpaired) electrons. The second-order valence-corrected chi connectivity index (χ2v) is 4.08. The van der Waals surface area contributed by atoms with Gasteiger partial charge in [0.05, 0.1) is 4.83 Å². The van der Waals surface area contributed by atoms with E-state index in [1.54, 1.807) is 31.2 Å². The lowest BCUT2D eigenvalue weighted by Crippen LogP contribution is -2.33. The van der Waals surface area contributed by atoms with E-state index < -0.39 is 10.6 Å². The Labute approximate surface area is 80.0 Å². The maximum atomic E-state index is 9.57. The number of rotatable bonds is 2. The molecule has 0 aliphatic heterocycles. The molecule has 2 N–H and O–H groups in total. The van der Waals surface area contributed by atoms with Gasteiger partial charge in [0.2, 0.25) is 5.79 Å². The molecular formula is C9H11BrO2. The molecule has 66 valence electrons. The van der Waals surface area contributed by atoms with Crippen LogP contribution in [0.1, 0.15) is 12.5 Å². The summed E-state index contributed by atoms with van der Waals surface area (Å²) in [4.78, 5) is -0.396. The minimum absolute atomic E-state index is 0.396. The third-order valence-electron chi connectivity index (χ3n) is 1.75. The predicted octanol–water partition coefficient (Wildman–Crippen LogP) is 1.61. The zero-order valence-corrected chi connectivity index (χ0v) is 8.32. The number of alkyl halides is 1. The molecule has 1 unspecified atom stereocenters. The van der Waals surface area contributed by atoms with Crippen LogP contribution < -0.4 is 0 Å². The van der Waals surface area contributed by atoms with E-state index in [0.29, 0.717) is 5.56 Å². The van der Waals surface area contributed by atoms with Gasteiger partial charge < -0.3 is 10.2 Å². The monoisotopic (exact) mass is 230 g/mol. The summed E-state index contributed by atoms with van der Waals surface area (Å²) in [5, 5.41) is 19.1. The van der Waals surface area contributed by atoms with Gasteiger partial charge in [-0.15, -0.1) is 0 Å². The molecule has 0 amide bonds. The van der Waals surface area contributed by atoms with Crippen LogP contribution in [0.2, 0.25) is 0 Å². The lowest BCUT2D eigenvalue weighted by molar-refractivity contribution is -0.164. The van der Waals surface area contributed by atoms with Gasteiger partial charge in [0.25, 0.3) is 0 Å². The minimum Gasteiger partial charge on any atom is -0.361 e. The van der Waals surface area contributed by atoms with Crippen molar-refractivity contribution in [3.05, 3.63) is 35.9 Å². The van der Waals surface area contributed by atoms with Crippen molar-refractivity contribution in [2.24, 2.45) is 0 Å². The first-order valence-electron chi connectivity index (χ1n) is 3.69. The number of aliphatic hydroxyl groups is 2. The lowest BCUT2D eigenvalue weighted by atomic mass is 10.0. The molecule has 0 spiro atoms. The van der Waals surface area contributed by atoms with Crippen LogP contribution in [0.25, 0.3) is 0 Å². The number of benzene rings is 1. The molecule has 1 atom stereocenters. The molecule has 1 aromatic carbocycles.